The summed E-state index contributed by atoms with van der Waals surface area (Å²) < 4.78 is 12.7. The lowest BCUT2D eigenvalue weighted by molar-refractivity contribution is 0.660. The molecule has 0 bridgehead atoms. The summed E-state index contributed by atoms with van der Waals surface area (Å²) in [6.07, 6.45) is 0.753. The first-order valence-corrected chi connectivity index (χ1v) is 51.7. The summed E-state index contributed by atoms with van der Waals surface area (Å²) in [5.41, 5.74) is 47.9. The minimum atomic E-state index is -0.648. The van der Waals surface area contributed by atoms with Gasteiger partial charge in [-0.1, -0.05) is 366 Å². The van der Waals surface area contributed by atoms with E-state index in [9.17, 15) is 0 Å². The number of hydrogen-bond acceptors (Lipinski definition) is 2. The van der Waals surface area contributed by atoms with Crippen molar-refractivity contribution in [2.45, 2.75) is 42.4 Å². The zero-order chi connectivity index (χ0) is 95.0. The van der Waals surface area contributed by atoms with Gasteiger partial charge in [0.1, 0.15) is 0 Å². The number of nitrogens with zero attached hydrogens (tertiary/aromatic N) is 5. The summed E-state index contributed by atoms with van der Waals surface area (Å²) in [4.78, 5) is 2.61. The van der Waals surface area contributed by atoms with Gasteiger partial charge in [-0.3, -0.25) is 0 Å². The number of aromatic nitrogens is 4. The molecule has 32 rings (SSSR count). The minimum Gasteiger partial charge on any atom is -0.310 e. The zero-order valence-electron chi connectivity index (χ0n) is 79.6. The van der Waals surface area contributed by atoms with E-state index < -0.39 is 10.8 Å². The fourth-order valence-electron chi connectivity index (χ4n) is 27.8. The van der Waals surface area contributed by atoms with Gasteiger partial charge in [0.25, 0.3) is 0 Å². The van der Waals surface area contributed by atoms with Crippen molar-refractivity contribution in [3.63, 3.8) is 0 Å². The van der Waals surface area contributed by atoms with Gasteiger partial charge in [0.2, 0.25) is 0 Å². The first-order valence-electron chi connectivity index (χ1n) is 50.8. The monoisotopic (exact) mass is 1860 g/mol. The molecule has 0 amide bonds. The molecule has 0 N–H and O–H groups in total. The smallest absolute Gasteiger partial charge is 0.0746 e. The first-order chi connectivity index (χ1) is 71.7. The molecular formula is C139H89N5S. The molecule has 2 spiro atoms. The van der Waals surface area contributed by atoms with Crippen LogP contribution in [0.4, 0.5) is 17.1 Å². The molecule has 5 aromatic heterocycles. The predicted octanol–water partition coefficient (Wildman–Crippen LogP) is 35.9. The molecule has 6 heteroatoms. The molecule has 5 aliphatic rings. The molecular weight excluding hydrogens is 1770 g/mol. The normalized spacial score (nSPS) is 14.0. The largest absolute Gasteiger partial charge is 0.310 e. The maximum Gasteiger partial charge on any atom is 0.0746 e. The van der Waals surface area contributed by atoms with Crippen molar-refractivity contribution >= 4 is 136 Å². The average molecular weight is 1860 g/mol. The Balaban J connectivity index is 0.551. The number of hydrogen-bond donors (Lipinski definition) is 0. The van der Waals surface area contributed by atoms with Crippen molar-refractivity contribution in [3.05, 3.63) is 558 Å². The van der Waals surface area contributed by atoms with Gasteiger partial charge in [-0.05, 0) is 273 Å². The van der Waals surface area contributed by atoms with Crippen molar-refractivity contribution in [1.29, 1.82) is 0 Å². The minimum absolute atomic E-state index is 0.0990. The summed E-state index contributed by atoms with van der Waals surface area (Å²) in [6.45, 7) is 4.88. The fourth-order valence-corrected chi connectivity index (χ4v) is 28.9. The Morgan fingerprint density at radius 1 is 0.228 bits per heavy atom. The van der Waals surface area contributed by atoms with Gasteiger partial charge in [-0.25, -0.2) is 0 Å². The van der Waals surface area contributed by atoms with Gasteiger partial charge in [-0.2, -0.15) is 0 Å². The number of anilines is 3. The van der Waals surface area contributed by atoms with Crippen LogP contribution in [-0.2, 0) is 22.7 Å². The van der Waals surface area contributed by atoms with Crippen LogP contribution in [0.15, 0.2) is 485 Å². The predicted molar refractivity (Wildman–Crippen MR) is 605 cm³/mol. The van der Waals surface area contributed by atoms with Crippen LogP contribution in [-0.4, -0.2) is 18.3 Å². The number of benzene rings is 22. The highest BCUT2D eigenvalue weighted by molar-refractivity contribution is 7.25. The van der Waals surface area contributed by atoms with E-state index in [2.05, 4.69) is 522 Å². The highest BCUT2D eigenvalue weighted by Crippen LogP contribution is 2.68. The maximum atomic E-state index is 2.61. The van der Waals surface area contributed by atoms with E-state index in [-0.39, 0.29) is 11.3 Å². The van der Waals surface area contributed by atoms with Gasteiger partial charge in [0.15, 0.2) is 0 Å². The third kappa shape index (κ3) is 11.0. The number of para-hydroxylation sites is 5. The zero-order valence-corrected chi connectivity index (χ0v) is 80.4. The number of rotatable bonds is 12. The second-order valence-corrected chi connectivity index (χ2v) is 42.1. The molecule has 5 aliphatic carbocycles. The van der Waals surface area contributed by atoms with Crippen LogP contribution in [0.5, 0.6) is 0 Å². The van der Waals surface area contributed by atoms with Gasteiger partial charge < -0.3 is 23.2 Å². The fraction of sp³-hybridized carbons (Fsp3) is 0.0504. The maximum absolute atomic E-state index is 2.61. The van der Waals surface area contributed by atoms with Gasteiger partial charge in [0, 0.05) is 114 Å². The summed E-state index contributed by atoms with van der Waals surface area (Å²) >= 11 is 1.87. The Labute approximate surface area is 842 Å². The van der Waals surface area contributed by atoms with Crippen LogP contribution in [0.1, 0.15) is 92.1 Å². The van der Waals surface area contributed by atoms with E-state index in [0.717, 1.165) is 68.3 Å². The molecule has 5 nitrogen and oxygen atoms in total. The standard InChI is InChI=1S/C139H89N5S/c1-137(2)116-73-62-85(77-114(116)100-70-63-91(81-123(100)137)144-126-56-27-16-42-102(126)105-69-61-87(79-130(105)144)113(75-84-59-67-104-101-41-15-25-54-124(101)141(128(104)76-84)88-31-5-3-6-32-88)112-46-29-45-110-98-39-13-23-52-121(98)138(135(110)112)117-48-19-9-35-94(117)95-36-10-20-49-118(95)138)86-60-68-106-108-72-65-92(82-131(108)142(129(106)78-86)89-33-7-4-8-34-89)140(127-57-30-47-111-99-40-14-24-53-122(99)139(136(111)127)119-50-21-11-37-96(119)97-38-12-22-51-120(97)139)93-64-71-107-103-43-17-26-55-125(103)143(132(107)83-93)90-66-74-134-115(80-90)109-44-18-28-58-133(109)145-134/h3-74,76-83,113H,75H2,1-2H3. The van der Waals surface area contributed by atoms with Crippen LogP contribution in [0.2, 0.25) is 0 Å². The van der Waals surface area contributed by atoms with Crippen molar-refractivity contribution in [1.82, 2.24) is 18.3 Å². The molecule has 145 heavy (non-hydrogen) atoms. The molecule has 0 saturated carbocycles. The Morgan fingerprint density at radius 2 is 0.614 bits per heavy atom. The topological polar surface area (TPSA) is 23.0 Å². The highest BCUT2D eigenvalue weighted by Gasteiger charge is 2.56. The SMILES string of the molecule is CC1(C)c2ccc(-c3ccc4c5ccc(N(c6ccc7c8ccccc8n(-c8ccc9sc%10ccccc%10c9c8)c7c6)c6cccc7c6C6(c8ccccc8-c8ccccc86)c6ccccc6-7)cc5n(-c5ccccc5)c4c3)cc2-c2ccc(-n3c4ccccc4c4ccc(C(Cc5ccc6c7ccccc7n(-c7ccccc7)c6c5)c5cccc6c5C5(c7ccccc7-c7ccccc75)c5ccccc5-6)cc43)cc21. The lowest BCUT2D eigenvalue weighted by atomic mass is 9.67. The second kappa shape index (κ2) is 30.1. The molecule has 1 unspecified atom stereocenters. The first kappa shape index (κ1) is 80.8. The van der Waals surface area contributed by atoms with Crippen LogP contribution < -0.4 is 4.90 Å². The molecule has 27 aromatic rings. The summed E-state index contributed by atoms with van der Waals surface area (Å²) in [5, 5.41) is 12.3. The third-order valence-corrected chi connectivity index (χ3v) is 34.9. The summed E-state index contributed by atoms with van der Waals surface area (Å²) in [5.74, 6) is -0.0990. The second-order valence-electron chi connectivity index (χ2n) is 41.1. The Bertz CT molecular complexity index is 10200. The molecule has 0 radical (unpaired) electrons. The molecule has 5 heterocycles. The average Bonchev–Trinajstić information content (AvgIpc) is 1.50. The van der Waals surface area contributed by atoms with Crippen molar-refractivity contribution in [2.24, 2.45) is 0 Å². The van der Waals surface area contributed by atoms with Crippen LogP contribution in [0.25, 0.3) is 197 Å². The Morgan fingerprint density at radius 3 is 1.18 bits per heavy atom. The molecule has 0 saturated heterocycles. The van der Waals surface area contributed by atoms with Gasteiger partial charge in [0.05, 0.1) is 60.7 Å². The van der Waals surface area contributed by atoms with E-state index >= 15 is 0 Å². The lowest BCUT2D eigenvalue weighted by Gasteiger charge is -2.36. The third-order valence-electron chi connectivity index (χ3n) is 33.8. The van der Waals surface area contributed by atoms with Gasteiger partial charge in [-0.15, -0.1) is 11.3 Å². The van der Waals surface area contributed by atoms with Crippen molar-refractivity contribution < 1.29 is 0 Å². The molecule has 1 atom stereocenters. The number of thiophene rings is 1. The Hall–Kier alpha value is -17.9. The summed E-state index contributed by atoms with van der Waals surface area (Å²) in [7, 11) is 0. The Kier molecular flexibility index (Phi) is 16.8. The van der Waals surface area contributed by atoms with E-state index in [4.69, 9.17) is 0 Å². The van der Waals surface area contributed by atoms with Crippen molar-refractivity contribution in [3.8, 4) is 89.5 Å². The van der Waals surface area contributed by atoms with E-state index in [1.165, 1.54) is 224 Å². The van der Waals surface area contributed by atoms with Gasteiger partial charge >= 0.3 is 0 Å². The van der Waals surface area contributed by atoms with Crippen LogP contribution in [0, 0.1) is 0 Å². The quantitative estimate of drug-likeness (QED) is 0.120. The summed E-state index contributed by atoms with van der Waals surface area (Å²) in [6, 6.07) is 186. The van der Waals surface area contributed by atoms with E-state index in [0.29, 0.717) is 0 Å². The van der Waals surface area contributed by atoms with Crippen molar-refractivity contribution in [2.75, 3.05) is 4.90 Å². The van der Waals surface area contributed by atoms with E-state index in [1.54, 1.807) is 0 Å². The molecule has 0 fully saturated rings. The molecule has 0 aliphatic heterocycles. The van der Waals surface area contributed by atoms with E-state index in [1.807, 2.05) is 11.3 Å². The molecule has 676 valence electrons. The van der Waals surface area contributed by atoms with Crippen LogP contribution >= 0.6 is 11.3 Å². The number of fused-ring (bicyclic) bond motifs is 38. The lowest BCUT2D eigenvalue weighted by Crippen LogP contribution is -2.28. The van der Waals surface area contributed by atoms with Crippen LogP contribution in [0.3, 0.4) is 0 Å². The highest BCUT2D eigenvalue weighted by atomic mass is 32.1. The molecule has 22 aromatic carbocycles.